The lowest BCUT2D eigenvalue weighted by Gasteiger charge is -2.04. The molecule has 0 aliphatic carbocycles. The average Bonchev–Trinajstić information content (AvgIpc) is 3.11. The number of aromatic amines is 1. The fourth-order valence-electron chi connectivity index (χ4n) is 2.12. The van der Waals surface area contributed by atoms with Crippen molar-refractivity contribution in [3.8, 4) is 17.2 Å². The molecule has 0 fully saturated rings. The molecule has 11 heteroatoms. The molecule has 3 N–H and O–H groups in total. The Balaban J connectivity index is 2.20. The molecule has 0 bridgehead atoms. The molecule has 3 heterocycles. The van der Waals surface area contributed by atoms with Gasteiger partial charge in [0, 0.05) is 18.6 Å². The fourth-order valence-corrected chi connectivity index (χ4v) is 2.12. The number of amides is 1. The first-order chi connectivity index (χ1) is 11.3. The molecule has 0 saturated heterocycles. The molecule has 24 heavy (non-hydrogen) atoms. The van der Waals surface area contributed by atoms with Crippen LogP contribution in [-0.4, -0.2) is 35.6 Å². The highest BCUT2D eigenvalue weighted by molar-refractivity contribution is 5.90. The summed E-state index contributed by atoms with van der Waals surface area (Å²) in [7, 11) is 0. The topological polar surface area (TPSA) is 115 Å². The van der Waals surface area contributed by atoms with Gasteiger partial charge in [-0.15, -0.1) is 0 Å². The Morgan fingerprint density at radius 3 is 2.50 bits per heavy atom. The molecule has 0 radical (unpaired) electrons. The zero-order valence-corrected chi connectivity index (χ0v) is 12.2. The smallest absolute Gasteiger partial charge is 0.363 e. The van der Waals surface area contributed by atoms with Crippen LogP contribution in [0.2, 0.25) is 0 Å². The SMILES string of the molecule is Cc1nc(C(N)=O)[nH]c1-c1cn(-c2ncccn2)nc1C(F)(F)F. The third-order valence-electron chi connectivity index (χ3n) is 3.13. The van der Waals surface area contributed by atoms with Gasteiger partial charge in [0.25, 0.3) is 5.91 Å². The molecule has 8 nitrogen and oxygen atoms in total. The van der Waals surface area contributed by atoms with Gasteiger partial charge in [0.15, 0.2) is 11.5 Å². The van der Waals surface area contributed by atoms with Gasteiger partial charge in [-0.3, -0.25) is 4.79 Å². The van der Waals surface area contributed by atoms with Gasteiger partial charge in [-0.05, 0) is 13.0 Å². The van der Waals surface area contributed by atoms with Gasteiger partial charge in [-0.25, -0.2) is 19.6 Å². The highest BCUT2D eigenvalue weighted by atomic mass is 19.4. The summed E-state index contributed by atoms with van der Waals surface area (Å²) in [6.07, 6.45) is -0.851. The van der Waals surface area contributed by atoms with E-state index in [-0.39, 0.29) is 28.7 Å². The van der Waals surface area contributed by atoms with Crippen molar-refractivity contribution in [2.45, 2.75) is 13.1 Å². The lowest BCUT2D eigenvalue weighted by atomic mass is 10.1. The molecule has 0 aliphatic heterocycles. The van der Waals surface area contributed by atoms with Crippen LogP contribution >= 0.6 is 0 Å². The largest absolute Gasteiger partial charge is 0.435 e. The number of hydrogen-bond donors (Lipinski definition) is 2. The van der Waals surface area contributed by atoms with E-state index >= 15 is 0 Å². The monoisotopic (exact) mass is 337 g/mol. The van der Waals surface area contributed by atoms with E-state index in [1.807, 2.05) is 0 Å². The number of nitrogens with one attached hydrogen (secondary N) is 1. The second kappa shape index (κ2) is 5.44. The van der Waals surface area contributed by atoms with Crippen LogP contribution in [0.1, 0.15) is 22.0 Å². The van der Waals surface area contributed by atoms with Gasteiger partial charge >= 0.3 is 6.18 Å². The average molecular weight is 337 g/mol. The van der Waals surface area contributed by atoms with E-state index in [9.17, 15) is 18.0 Å². The molecule has 124 valence electrons. The Morgan fingerprint density at radius 1 is 1.29 bits per heavy atom. The maximum absolute atomic E-state index is 13.3. The van der Waals surface area contributed by atoms with Gasteiger partial charge in [-0.1, -0.05) is 0 Å². The second-order valence-electron chi connectivity index (χ2n) is 4.79. The minimum atomic E-state index is -4.72. The summed E-state index contributed by atoms with van der Waals surface area (Å²) in [4.78, 5) is 25.2. The van der Waals surface area contributed by atoms with Gasteiger partial charge in [0.1, 0.15) is 0 Å². The molecular weight excluding hydrogens is 327 g/mol. The number of carbonyl (C=O) groups excluding carboxylic acids is 1. The number of aryl methyl sites for hydroxylation is 1. The van der Waals surface area contributed by atoms with Crippen LogP contribution in [0.15, 0.2) is 24.7 Å². The first-order valence-electron chi connectivity index (χ1n) is 6.58. The third-order valence-corrected chi connectivity index (χ3v) is 3.13. The quantitative estimate of drug-likeness (QED) is 0.751. The van der Waals surface area contributed by atoms with E-state index < -0.39 is 17.8 Å². The number of nitrogens with two attached hydrogens (primary N) is 1. The zero-order chi connectivity index (χ0) is 17.5. The van der Waals surface area contributed by atoms with Gasteiger partial charge < -0.3 is 10.7 Å². The predicted molar refractivity (Wildman–Crippen MR) is 75.0 cm³/mol. The van der Waals surface area contributed by atoms with E-state index in [1.165, 1.54) is 25.4 Å². The molecule has 3 aromatic rings. The Kier molecular flexibility index (Phi) is 3.55. The summed E-state index contributed by atoms with van der Waals surface area (Å²) < 4.78 is 40.9. The molecule has 1 amide bonds. The van der Waals surface area contributed by atoms with E-state index in [1.54, 1.807) is 0 Å². The Labute approximate surface area is 132 Å². The summed E-state index contributed by atoms with van der Waals surface area (Å²) >= 11 is 0. The molecule has 3 aromatic heterocycles. The van der Waals surface area contributed by atoms with Crippen molar-refractivity contribution < 1.29 is 18.0 Å². The van der Waals surface area contributed by atoms with Crippen LogP contribution in [0.5, 0.6) is 0 Å². The third kappa shape index (κ3) is 2.71. The number of imidazole rings is 1. The number of primary amides is 1. The highest BCUT2D eigenvalue weighted by Crippen LogP contribution is 2.36. The molecule has 0 aliphatic rings. The maximum Gasteiger partial charge on any atom is 0.435 e. The molecule has 0 unspecified atom stereocenters. The van der Waals surface area contributed by atoms with Crippen LogP contribution in [0, 0.1) is 6.92 Å². The number of aromatic nitrogens is 6. The van der Waals surface area contributed by atoms with Gasteiger partial charge in [0.05, 0.1) is 17.0 Å². The van der Waals surface area contributed by atoms with Crippen molar-refractivity contribution in [1.82, 2.24) is 29.7 Å². The summed E-state index contributed by atoms with van der Waals surface area (Å²) in [5.41, 5.74) is 3.84. The van der Waals surface area contributed by atoms with E-state index in [2.05, 4.69) is 25.0 Å². The van der Waals surface area contributed by atoms with E-state index in [0.717, 1.165) is 10.9 Å². The number of carbonyl (C=O) groups is 1. The molecule has 0 saturated carbocycles. The molecule has 0 spiro atoms. The van der Waals surface area contributed by atoms with Crippen LogP contribution in [0.3, 0.4) is 0 Å². The van der Waals surface area contributed by atoms with Gasteiger partial charge in [0.2, 0.25) is 5.95 Å². The standard InChI is InChI=1S/C13H10F3N7O/c1-6-8(21-11(20-6)10(17)24)7-5-23(12-18-3-2-4-19-12)22-9(7)13(14,15)16/h2-5H,1H3,(H2,17,24)(H,20,21). The highest BCUT2D eigenvalue weighted by Gasteiger charge is 2.39. The van der Waals surface area contributed by atoms with Crippen molar-refractivity contribution in [3.63, 3.8) is 0 Å². The number of hydrogen-bond acceptors (Lipinski definition) is 5. The fraction of sp³-hybridized carbons (Fsp3) is 0.154. The summed E-state index contributed by atoms with van der Waals surface area (Å²) in [5.74, 6) is -1.14. The van der Waals surface area contributed by atoms with Crippen molar-refractivity contribution >= 4 is 5.91 Å². The Hall–Kier alpha value is -3.24. The van der Waals surface area contributed by atoms with E-state index in [4.69, 9.17) is 5.73 Å². The maximum atomic E-state index is 13.3. The van der Waals surface area contributed by atoms with Crippen molar-refractivity contribution in [3.05, 3.63) is 41.9 Å². The molecule has 0 atom stereocenters. The molecular formula is C13H10F3N7O. The number of alkyl halides is 3. The second-order valence-corrected chi connectivity index (χ2v) is 4.79. The lowest BCUT2D eigenvalue weighted by molar-refractivity contribution is -0.140. The Morgan fingerprint density at radius 2 is 1.96 bits per heavy atom. The number of H-pyrrole nitrogens is 1. The number of rotatable bonds is 3. The van der Waals surface area contributed by atoms with E-state index in [0.29, 0.717) is 0 Å². The molecule has 0 aromatic carbocycles. The van der Waals surface area contributed by atoms with Crippen molar-refractivity contribution in [1.29, 1.82) is 0 Å². The minimum Gasteiger partial charge on any atom is -0.363 e. The lowest BCUT2D eigenvalue weighted by Crippen LogP contribution is -2.12. The Bertz CT molecular complexity index is 898. The minimum absolute atomic E-state index is 0.00157. The number of halogens is 3. The first kappa shape index (κ1) is 15.6. The van der Waals surface area contributed by atoms with Gasteiger partial charge in [-0.2, -0.15) is 18.3 Å². The zero-order valence-electron chi connectivity index (χ0n) is 12.2. The predicted octanol–water partition coefficient (Wildman–Crippen LogP) is 1.48. The van der Waals surface area contributed by atoms with Crippen LogP contribution in [-0.2, 0) is 6.18 Å². The normalized spacial score (nSPS) is 11.7. The summed E-state index contributed by atoms with van der Waals surface area (Å²) in [6.45, 7) is 1.45. The summed E-state index contributed by atoms with van der Waals surface area (Å²) in [5, 5.41) is 3.53. The van der Waals surface area contributed by atoms with Crippen molar-refractivity contribution in [2.75, 3.05) is 0 Å². The van der Waals surface area contributed by atoms with Crippen LogP contribution in [0.4, 0.5) is 13.2 Å². The summed E-state index contributed by atoms with van der Waals surface area (Å²) in [6, 6.07) is 1.52. The molecule has 3 rings (SSSR count). The first-order valence-corrected chi connectivity index (χ1v) is 6.58. The van der Waals surface area contributed by atoms with Crippen LogP contribution < -0.4 is 5.73 Å². The number of nitrogens with zero attached hydrogens (tertiary/aromatic N) is 5. The van der Waals surface area contributed by atoms with Crippen LogP contribution in [0.25, 0.3) is 17.2 Å². The van der Waals surface area contributed by atoms with Crippen molar-refractivity contribution in [2.24, 2.45) is 5.73 Å².